The van der Waals surface area contributed by atoms with Crippen molar-refractivity contribution in [2.75, 3.05) is 19.0 Å². The molecule has 0 fully saturated rings. The molecule has 0 aliphatic heterocycles. The van der Waals surface area contributed by atoms with E-state index in [9.17, 15) is 4.79 Å². The van der Waals surface area contributed by atoms with Crippen LogP contribution >= 0.6 is 0 Å². The number of aromatic nitrogens is 3. The summed E-state index contributed by atoms with van der Waals surface area (Å²) in [6.45, 7) is 1.07. The van der Waals surface area contributed by atoms with Crippen LogP contribution in [0.5, 0.6) is 5.75 Å². The topological polar surface area (TPSA) is 95.1 Å². The number of nitrogens with one attached hydrogen (secondary N) is 1. The minimum Gasteiger partial charge on any atom is -0.496 e. The second-order valence-corrected chi connectivity index (χ2v) is 4.95. The highest BCUT2D eigenvalue weighted by Crippen LogP contribution is 2.27. The van der Waals surface area contributed by atoms with Gasteiger partial charge in [-0.2, -0.15) is 5.10 Å². The summed E-state index contributed by atoms with van der Waals surface area (Å²) in [4.78, 5) is 17.0. The van der Waals surface area contributed by atoms with E-state index in [-0.39, 0.29) is 5.91 Å². The van der Waals surface area contributed by atoms with Crippen molar-refractivity contribution in [2.24, 2.45) is 5.73 Å². The average molecular weight is 311 g/mol. The van der Waals surface area contributed by atoms with Crippen LogP contribution in [0, 0.1) is 0 Å². The van der Waals surface area contributed by atoms with Gasteiger partial charge in [0, 0.05) is 24.3 Å². The Labute approximate surface area is 133 Å². The van der Waals surface area contributed by atoms with Crippen molar-refractivity contribution >= 4 is 22.5 Å². The first-order chi connectivity index (χ1) is 11.2. The lowest BCUT2D eigenvalue weighted by Gasteiger charge is -2.10. The van der Waals surface area contributed by atoms with E-state index < -0.39 is 0 Å². The van der Waals surface area contributed by atoms with Gasteiger partial charge in [-0.1, -0.05) is 6.07 Å². The van der Waals surface area contributed by atoms with Crippen molar-refractivity contribution in [3.8, 4) is 5.75 Å². The van der Waals surface area contributed by atoms with Gasteiger partial charge in [0.15, 0.2) is 0 Å². The van der Waals surface area contributed by atoms with Gasteiger partial charge in [-0.3, -0.25) is 14.5 Å². The number of ether oxygens (including phenoxy) is 1. The zero-order chi connectivity index (χ0) is 16.2. The standard InChI is InChI=1S/C16H17N5O2/c1-23-13-5-4-11-3-2-7-18-15(11)14(13)16(22)20-12-9-19-21(10-12)8-6-17/h2-5,7,9-10H,6,8,17H2,1H3,(H,20,22). The first-order valence-electron chi connectivity index (χ1n) is 7.18. The molecule has 0 bridgehead atoms. The lowest BCUT2D eigenvalue weighted by molar-refractivity contribution is 0.102. The molecule has 118 valence electrons. The predicted octanol–water partition coefficient (Wildman–Crippen LogP) is 1.65. The quantitative estimate of drug-likeness (QED) is 0.747. The maximum Gasteiger partial charge on any atom is 0.261 e. The number of amides is 1. The molecule has 3 aromatic rings. The van der Waals surface area contributed by atoms with Gasteiger partial charge in [0.2, 0.25) is 0 Å². The fraction of sp³-hybridized carbons (Fsp3) is 0.188. The number of benzene rings is 1. The maximum atomic E-state index is 12.7. The van der Waals surface area contributed by atoms with Gasteiger partial charge in [-0.15, -0.1) is 0 Å². The van der Waals surface area contributed by atoms with E-state index in [1.54, 1.807) is 29.3 Å². The SMILES string of the molecule is COc1ccc2cccnc2c1C(=O)Nc1cnn(CCN)c1. The van der Waals surface area contributed by atoms with E-state index in [0.29, 0.717) is 35.6 Å². The van der Waals surface area contributed by atoms with Crippen LogP contribution in [0.2, 0.25) is 0 Å². The third kappa shape index (κ3) is 3.00. The molecule has 0 saturated heterocycles. The van der Waals surface area contributed by atoms with Crippen LogP contribution in [0.25, 0.3) is 10.9 Å². The number of carbonyl (C=O) groups is 1. The van der Waals surface area contributed by atoms with Gasteiger partial charge in [-0.25, -0.2) is 0 Å². The number of nitrogens with zero attached hydrogens (tertiary/aromatic N) is 3. The van der Waals surface area contributed by atoms with Crippen molar-refractivity contribution in [3.05, 3.63) is 48.4 Å². The summed E-state index contributed by atoms with van der Waals surface area (Å²) < 4.78 is 6.99. The summed E-state index contributed by atoms with van der Waals surface area (Å²) in [6, 6.07) is 7.36. The third-order valence-corrected chi connectivity index (χ3v) is 3.43. The van der Waals surface area contributed by atoms with Crippen molar-refractivity contribution in [3.63, 3.8) is 0 Å². The van der Waals surface area contributed by atoms with Gasteiger partial charge in [-0.05, 0) is 18.2 Å². The Bertz CT molecular complexity index is 843. The molecule has 3 rings (SSSR count). The minimum absolute atomic E-state index is 0.293. The molecule has 2 heterocycles. The Morgan fingerprint density at radius 3 is 3.04 bits per heavy atom. The normalized spacial score (nSPS) is 10.7. The molecule has 0 aliphatic carbocycles. The van der Waals surface area contributed by atoms with Crippen LogP contribution < -0.4 is 15.8 Å². The molecule has 2 aromatic heterocycles. The van der Waals surface area contributed by atoms with Crippen LogP contribution in [-0.4, -0.2) is 34.3 Å². The molecule has 0 spiro atoms. The Balaban J connectivity index is 1.96. The number of nitrogens with two attached hydrogens (primary N) is 1. The van der Waals surface area contributed by atoms with E-state index in [0.717, 1.165) is 5.39 Å². The highest BCUT2D eigenvalue weighted by atomic mass is 16.5. The number of rotatable bonds is 5. The molecule has 0 atom stereocenters. The number of hydrogen-bond donors (Lipinski definition) is 2. The number of hydrogen-bond acceptors (Lipinski definition) is 5. The maximum absolute atomic E-state index is 12.7. The fourth-order valence-electron chi connectivity index (χ4n) is 2.39. The second-order valence-electron chi connectivity index (χ2n) is 4.95. The Hall–Kier alpha value is -2.93. The number of pyridine rings is 1. The largest absolute Gasteiger partial charge is 0.496 e. The second kappa shape index (κ2) is 6.45. The predicted molar refractivity (Wildman–Crippen MR) is 87.5 cm³/mol. The van der Waals surface area contributed by atoms with Crippen molar-refractivity contribution in [1.82, 2.24) is 14.8 Å². The third-order valence-electron chi connectivity index (χ3n) is 3.43. The molecule has 23 heavy (non-hydrogen) atoms. The Morgan fingerprint density at radius 1 is 1.39 bits per heavy atom. The molecule has 0 aliphatic rings. The highest BCUT2D eigenvalue weighted by Gasteiger charge is 2.18. The van der Waals surface area contributed by atoms with Crippen molar-refractivity contribution in [1.29, 1.82) is 0 Å². The molecule has 3 N–H and O–H groups in total. The van der Waals surface area contributed by atoms with Gasteiger partial charge < -0.3 is 15.8 Å². The van der Waals surface area contributed by atoms with Crippen LogP contribution in [0.1, 0.15) is 10.4 Å². The molecular weight excluding hydrogens is 294 g/mol. The van der Waals surface area contributed by atoms with E-state index >= 15 is 0 Å². The van der Waals surface area contributed by atoms with Crippen LogP contribution in [0.4, 0.5) is 5.69 Å². The Kier molecular flexibility index (Phi) is 4.20. The average Bonchev–Trinajstić information content (AvgIpc) is 3.01. The molecule has 0 saturated carbocycles. The van der Waals surface area contributed by atoms with Crippen LogP contribution in [0.3, 0.4) is 0 Å². The number of fused-ring (bicyclic) bond motifs is 1. The van der Waals surface area contributed by atoms with Gasteiger partial charge in [0.05, 0.1) is 31.1 Å². The van der Waals surface area contributed by atoms with Crippen molar-refractivity contribution in [2.45, 2.75) is 6.54 Å². The van der Waals surface area contributed by atoms with Crippen LogP contribution in [0.15, 0.2) is 42.9 Å². The summed E-state index contributed by atoms with van der Waals surface area (Å²) >= 11 is 0. The molecule has 1 amide bonds. The van der Waals surface area contributed by atoms with Crippen molar-refractivity contribution < 1.29 is 9.53 Å². The number of methoxy groups -OCH3 is 1. The molecule has 7 heteroatoms. The molecule has 7 nitrogen and oxygen atoms in total. The monoisotopic (exact) mass is 311 g/mol. The summed E-state index contributed by atoms with van der Waals surface area (Å²) in [7, 11) is 1.53. The molecule has 0 unspecified atom stereocenters. The zero-order valence-electron chi connectivity index (χ0n) is 12.7. The van der Waals surface area contributed by atoms with Crippen LogP contribution in [-0.2, 0) is 6.54 Å². The van der Waals surface area contributed by atoms with Gasteiger partial charge >= 0.3 is 0 Å². The number of anilines is 1. The van der Waals surface area contributed by atoms with E-state index in [4.69, 9.17) is 10.5 Å². The van der Waals surface area contributed by atoms with Gasteiger partial charge in [0.25, 0.3) is 5.91 Å². The van der Waals surface area contributed by atoms with Gasteiger partial charge in [0.1, 0.15) is 11.3 Å². The lowest BCUT2D eigenvalue weighted by Crippen LogP contribution is -2.14. The lowest BCUT2D eigenvalue weighted by atomic mass is 10.1. The summed E-state index contributed by atoms with van der Waals surface area (Å²) in [5.41, 5.74) is 7.08. The molecule has 0 radical (unpaired) electrons. The first-order valence-corrected chi connectivity index (χ1v) is 7.18. The Morgan fingerprint density at radius 2 is 2.26 bits per heavy atom. The zero-order valence-corrected chi connectivity index (χ0v) is 12.7. The fourth-order valence-corrected chi connectivity index (χ4v) is 2.39. The summed E-state index contributed by atoms with van der Waals surface area (Å²) in [5, 5.41) is 7.83. The molecular formula is C16H17N5O2. The van der Waals surface area contributed by atoms with E-state index in [1.165, 1.54) is 7.11 Å². The smallest absolute Gasteiger partial charge is 0.261 e. The summed E-state index contributed by atoms with van der Waals surface area (Å²) in [5.74, 6) is 0.182. The minimum atomic E-state index is -0.293. The summed E-state index contributed by atoms with van der Waals surface area (Å²) in [6.07, 6.45) is 4.96. The molecule has 1 aromatic carbocycles. The van der Waals surface area contributed by atoms with E-state index in [2.05, 4.69) is 15.4 Å². The number of carbonyl (C=O) groups excluding carboxylic acids is 1. The van der Waals surface area contributed by atoms with E-state index in [1.807, 2.05) is 18.2 Å². The highest BCUT2D eigenvalue weighted by molar-refractivity contribution is 6.13. The first kappa shape index (κ1) is 15.0.